The van der Waals surface area contributed by atoms with E-state index in [-0.39, 0.29) is 23.7 Å². The molecule has 2 aromatic carbocycles. The normalized spacial score (nSPS) is 29.1. The largest absolute Gasteiger partial charge is 0.389 e. The van der Waals surface area contributed by atoms with Crippen LogP contribution in [-0.2, 0) is 4.79 Å². The first-order chi connectivity index (χ1) is 13.9. The van der Waals surface area contributed by atoms with E-state index >= 15 is 0 Å². The van der Waals surface area contributed by atoms with Gasteiger partial charge in [0.1, 0.15) is 11.9 Å². The number of carbonyl (C=O) groups excluding carboxylic acids is 1. The molecule has 1 unspecified atom stereocenters. The second-order valence-electron chi connectivity index (χ2n) is 8.38. The monoisotopic (exact) mass is 417 g/mol. The molecule has 1 saturated carbocycles. The fraction of sp³-hybridized carbons (Fsp3) is 0.435. The summed E-state index contributed by atoms with van der Waals surface area (Å²) in [4.78, 5) is 13.9. The van der Waals surface area contributed by atoms with Crippen LogP contribution in [0.3, 0.4) is 0 Å². The van der Waals surface area contributed by atoms with Crippen LogP contribution in [-0.4, -0.2) is 29.7 Å². The number of aliphatic hydroxyl groups is 1. The van der Waals surface area contributed by atoms with E-state index in [1.165, 1.54) is 12.1 Å². The first-order valence-electron chi connectivity index (χ1n) is 10.3. The molecule has 2 aromatic rings. The maximum absolute atomic E-state index is 13.5. The van der Waals surface area contributed by atoms with E-state index in [4.69, 9.17) is 11.6 Å². The Morgan fingerprint density at radius 3 is 2.59 bits per heavy atom. The van der Waals surface area contributed by atoms with Crippen LogP contribution in [0.5, 0.6) is 0 Å². The number of anilines is 1. The lowest BCUT2D eigenvalue weighted by molar-refractivity contribution is -0.937. The Hall–Kier alpha value is -1.95. The van der Waals surface area contributed by atoms with Crippen LogP contribution in [0.4, 0.5) is 10.1 Å². The quantitative estimate of drug-likeness (QED) is 0.714. The molecule has 6 heteroatoms. The average Bonchev–Trinajstić information content (AvgIpc) is 2.70. The fourth-order valence-corrected chi connectivity index (χ4v) is 5.26. The van der Waals surface area contributed by atoms with Gasteiger partial charge in [0.2, 0.25) is 0 Å². The molecule has 154 valence electrons. The summed E-state index contributed by atoms with van der Waals surface area (Å²) in [6.07, 6.45) is 4.55. The van der Waals surface area contributed by atoms with Gasteiger partial charge in [0, 0.05) is 28.6 Å². The highest BCUT2D eigenvalue weighted by molar-refractivity contribution is 6.30. The van der Waals surface area contributed by atoms with Crippen molar-refractivity contribution >= 4 is 23.2 Å². The lowest BCUT2D eigenvalue weighted by atomic mass is 9.66. The number of nitrogens with one attached hydrogen (secondary N) is 2. The minimum Gasteiger partial charge on any atom is -0.389 e. The number of benzene rings is 2. The Balaban J connectivity index is 1.56. The van der Waals surface area contributed by atoms with Crippen LogP contribution < -0.4 is 10.2 Å². The van der Waals surface area contributed by atoms with Crippen LogP contribution in [0.1, 0.15) is 43.7 Å². The van der Waals surface area contributed by atoms with E-state index in [0.717, 1.165) is 36.1 Å². The number of likely N-dealkylation sites (tertiary alicyclic amines) is 1. The third-order valence-electron chi connectivity index (χ3n) is 6.53. The zero-order valence-corrected chi connectivity index (χ0v) is 17.1. The smallest absolute Gasteiger partial charge is 0.279 e. The summed E-state index contributed by atoms with van der Waals surface area (Å²) in [5.74, 6) is -0.269. The van der Waals surface area contributed by atoms with E-state index in [2.05, 4.69) is 5.32 Å². The number of rotatable bonds is 4. The Morgan fingerprint density at radius 2 is 1.86 bits per heavy atom. The van der Waals surface area contributed by atoms with Gasteiger partial charge >= 0.3 is 0 Å². The summed E-state index contributed by atoms with van der Waals surface area (Å²) in [5, 5.41) is 14.9. The summed E-state index contributed by atoms with van der Waals surface area (Å²) >= 11 is 5.91. The number of piperidine rings is 1. The van der Waals surface area contributed by atoms with Crippen molar-refractivity contribution in [3.63, 3.8) is 0 Å². The number of hydrogen-bond acceptors (Lipinski definition) is 2. The van der Waals surface area contributed by atoms with Crippen molar-refractivity contribution in [2.75, 3.05) is 18.4 Å². The summed E-state index contributed by atoms with van der Waals surface area (Å²) in [6, 6.07) is 13.6. The molecule has 0 aromatic heterocycles. The van der Waals surface area contributed by atoms with E-state index in [0.29, 0.717) is 30.2 Å². The van der Waals surface area contributed by atoms with Gasteiger partial charge in [-0.3, -0.25) is 4.79 Å². The molecule has 1 heterocycles. The van der Waals surface area contributed by atoms with Gasteiger partial charge in [0.25, 0.3) is 5.91 Å². The predicted molar refractivity (Wildman–Crippen MR) is 111 cm³/mol. The van der Waals surface area contributed by atoms with Gasteiger partial charge in [-0.05, 0) is 49.2 Å². The number of fused-ring (bicyclic) bond motifs is 1. The van der Waals surface area contributed by atoms with Crippen LogP contribution >= 0.6 is 11.6 Å². The predicted octanol–water partition coefficient (Wildman–Crippen LogP) is 3.37. The number of halogens is 2. The van der Waals surface area contributed by atoms with Gasteiger partial charge in [-0.15, -0.1) is 0 Å². The van der Waals surface area contributed by atoms with Crippen molar-refractivity contribution in [2.45, 2.75) is 43.7 Å². The SMILES string of the molecule is O=C(C[NH+]1CC[C@@]2(O)CCCC[C@@H]2[C@H]1c1ccc(F)cc1)Nc1ccc(Cl)cc1. The van der Waals surface area contributed by atoms with Gasteiger partial charge in [-0.2, -0.15) is 0 Å². The molecule has 4 nitrogen and oxygen atoms in total. The summed E-state index contributed by atoms with van der Waals surface area (Å²) < 4.78 is 13.5. The van der Waals surface area contributed by atoms with Crippen LogP contribution in [0.25, 0.3) is 0 Å². The summed E-state index contributed by atoms with van der Waals surface area (Å²) in [7, 11) is 0. The van der Waals surface area contributed by atoms with Gasteiger partial charge in [-0.1, -0.05) is 36.6 Å². The third kappa shape index (κ3) is 4.47. The highest BCUT2D eigenvalue weighted by atomic mass is 35.5. The lowest BCUT2D eigenvalue weighted by Crippen LogP contribution is -3.16. The molecule has 4 atom stereocenters. The Bertz CT molecular complexity index is 858. The molecule has 3 N–H and O–H groups in total. The number of hydrogen-bond donors (Lipinski definition) is 3. The van der Waals surface area contributed by atoms with Gasteiger partial charge in [0.15, 0.2) is 6.54 Å². The topological polar surface area (TPSA) is 53.8 Å². The van der Waals surface area contributed by atoms with Gasteiger partial charge in [0.05, 0.1) is 12.1 Å². The molecule has 4 rings (SSSR count). The van der Waals surface area contributed by atoms with Crippen LogP contribution in [0, 0.1) is 11.7 Å². The molecule has 1 amide bonds. The van der Waals surface area contributed by atoms with Gasteiger partial charge < -0.3 is 15.3 Å². The zero-order valence-electron chi connectivity index (χ0n) is 16.3. The summed E-state index contributed by atoms with van der Waals surface area (Å²) in [5.41, 5.74) is 1.02. The molecule has 1 aliphatic carbocycles. The van der Waals surface area contributed by atoms with Crippen LogP contribution in [0.15, 0.2) is 48.5 Å². The summed E-state index contributed by atoms with van der Waals surface area (Å²) in [6.45, 7) is 1.01. The second kappa shape index (κ2) is 8.42. The first-order valence-corrected chi connectivity index (χ1v) is 10.7. The lowest BCUT2D eigenvalue weighted by Gasteiger charge is -2.50. The second-order valence-corrected chi connectivity index (χ2v) is 8.81. The molecule has 29 heavy (non-hydrogen) atoms. The number of carbonyl (C=O) groups is 1. The first kappa shape index (κ1) is 20.3. The van der Waals surface area contributed by atoms with Crippen LogP contribution in [0.2, 0.25) is 5.02 Å². The molecule has 0 spiro atoms. The molecule has 0 bridgehead atoms. The third-order valence-corrected chi connectivity index (χ3v) is 6.78. The number of amides is 1. The van der Waals surface area contributed by atoms with Crippen molar-refractivity contribution in [1.82, 2.24) is 0 Å². The Kier molecular flexibility index (Phi) is 5.91. The van der Waals surface area contributed by atoms with Crippen molar-refractivity contribution in [3.8, 4) is 0 Å². The highest BCUT2D eigenvalue weighted by Gasteiger charge is 2.51. The molecule has 0 radical (unpaired) electrons. The van der Waals surface area contributed by atoms with E-state index < -0.39 is 5.60 Å². The molecular weight excluding hydrogens is 391 g/mol. The number of quaternary nitrogens is 1. The van der Waals surface area contributed by atoms with Gasteiger partial charge in [-0.25, -0.2) is 4.39 Å². The molecule has 2 fully saturated rings. The molecule has 2 aliphatic rings. The standard InChI is InChI=1S/C23H26ClFN2O2/c24-17-6-10-19(11-7-17)26-21(28)15-27-14-13-23(29)12-2-1-3-20(23)22(27)16-4-8-18(25)9-5-16/h4-11,20,22,29H,1-3,12-15H2,(H,26,28)/p+1/t20-,22-,23+/m1/s1. The zero-order chi connectivity index (χ0) is 20.4. The molecule has 1 saturated heterocycles. The minimum atomic E-state index is -0.687. The molecule has 1 aliphatic heterocycles. The van der Waals surface area contributed by atoms with Crippen molar-refractivity contribution < 1.29 is 19.2 Å². The fourth-order valence-electron chi connectivity index (χ4n) is 5.13. The van der Waals surface area contributed by atoms with E-state index in [9.17, 15) is 14.3 Å². The molecular formula is C23H27ClFN2O2+. The van der Waals surface area contributed by atoms with Crippen molar-refractivity contribution in [3.05, 3.63) is 64.9 Å². The maximum Gasteiger partial charge on any atom is 0.279 e. The van der Waals surface area contributed by atoms with Crippen molar-refractivity contribution in [2.24, 2.45) is 5.92 Å². The van der Waals surface area contributed by atoms with E-state index in [1.807, 2.05) is 0 Å². The minimum absolute atomic E-state index is 0.0226. The Morgan fingerprint density at radius 1 is 1.14 bits per heavy atom. The van der Waals surface area contributed by atoms with Crippen molar-refractivity contribution in [1.29, 1.82) is 0 Å². The highest BCUT2D eigenvalue weighted by Crippen LogP contribution is 2.44. The maximum atomic E-state index is 13.5. The average molecular weight is 418 g/mol. The van der Waals surface area contributed by atoms with E-state index in [1.54, 1.807) is 36.4 Å². The Labute approximate surface area is 175 Å².